The van der Waals surface area contributed by atoms with Crippen molar-refractivity contribution in [3.63, 3.8) is 0 Å². The van der Waals surface area contributed by atoms with E-state index in [0.717, 1.165) is 89.9 Å². The summed E-state index contributed by atoms with van der Waals surface area (Å²) in [5.74, 6) is -0.990. The van der Waals surface area contributed by atoms with E-state index < -0.39 is 6.10 Å². The van der Waals surface area contributed by atoms with Gasteiger partial charge in [-0.1, -0.05) is 254 Å². The molecule has 0 aromatic rings. The first-order chi connectivity index (χ1) is 33.0. The Morgan fingerprint density at radius 1 is 0.313 bits per heavy atom. The first-order valence-electron chi connectivity index (χ1n) is 28.1. The van der Waals surface area contributed by atoms with E-state index in [1.807, 2.05) is 6.08 Å². The maximum absolute atomic E-state index is 12.8. The smallest absolute Gasteiger partial charge is 0.306 e. The second kappa shape index (κ2) is 55.2. The number of allylic oxidation sites excluding steroid dienone is 14. The van der Waals surface area contributed by atoms with Crippen LogP contribution in [0.25, 0.3) is 0 Å². The molecule has 0 bridgehead atoms. The number of carbonyl (C=O) groups excluding carboxylic acids is 3. The zero-order chi connectivity index (χ0) is 48.6. The van der Waals surface area contributed by atoms with E-state index in [4.69, 9.17) is 14.2 Å². The largest absolute Gasteiger partial charge is 0.462 e. The minimum Gasteiger partial charge on any atom is -0.462 e. The summed E-state index contributed by atoms with van der Waals surface area (Å²) < 4.78 is 16.8. The van der Waals surface area contributed by atoms with Gasteiger partial charge in [0.1, 0.15) is 13.2 Å². The number of carbonyl (C=O) groups is 3. The molecule has 6 nitrogen and oxygen atoms in total. The molecule has 0 saturated heterocycles. The molecule has 6 heteroatoms. The molecule has 0 amide bonds. The minimum absolute atomic E-state index is 0.101. The lowest BCUT2D eigenvalue weighted by Crippen LogP contribution is -2.30. The summed E-state index contributed by atoms with van der Waals surface area (Å²) in [6.45, 7) is 6.36. The van der Waals surface area contributed by atoms with Crippen LogP contribution in [0.2, 0.25) is 0 Å². The Labute approximate surface area is 414 Å². The van der Waals surface area contributed by atoms with Gasteiger partial charge in [0.15, 0.2) is 6.10 Å². The van der Waals surface area contributed by atoms with Gasteiger partial charge in [-0.05, 0) is 77.0 Å². The van der Waals surface area contributed by atoms with E-state index in [-0.39, 0.29) is 37.5 Å². The predicted octanol–water partition coefficient (Wildman–Crippen LogP) is 18.8. The summed E-state index contributed by atoms with van der Waals surface area (Å²) >= 11 is 0. The average Bonchev–Trinajstić information content (AvgIpc) is 3.33. The summed E-state index contributed by atoms with van der Waals surface area (Å²) in [5.41, 5.74) is 0. The van der Waals surface area contributed by atoms with Crippen LogP contribution in [-0.2, 0) is 28.6 Å². The SMILES string of the molecule is CC/C=C\C/C=C\C/C=C\C/C=C\CCC(=O)OCC(COC(=O)CCCCCCCCCCCCCCCCCCCCC)OC(=O)CCCCCCCCC/C=C\C/C=C\C/C=C\CC. The predicted molar refractivity (Wildman–Crippen MR) is 288 cm³/mol. The van der Waals surface area contributed by atoms with Crippen LogP contribution in [-0.4, -0.2) is 37.2 Å². The number of hydrogen-bond donors (Lipinski definition) is 0. The van der Waals surface area contributed by atoms with E-state index in [1.165, 1.54) is 128 Å². The highest BCUT2D eigenvalue weighted by Gasteiger charge is 2.19. The summed E-state index contributed by atoms with van der Waals surface area (Å²) in [6, 6.07) is 0. The van der Waals surface area contributed by atoms with Gasteiger partial charge in [-0.25, -0.2) is 0 Å². The van der Waals surface area contributed by atoms with E-state index in [1.54, 1.807) is 0 Å². The summed E-state index contributed by atoms with van der Waals surface area (Å²) in [5, 5.41) is 0. The maximum Gasteiger partial charge on any atom is 0.306 e. The van der Waals surface area contributed by atoms with Gasteiger partial charge in [0.2, 0.25) is 0 Å². The van der Waals surface area contributed by atoms with Gasteiger partial charge >= 0.3 is 17.9 Å². The molecular weight excluding hydrogens is 829 g/mol. The zero-order valence-electron chi connectivity index (χ0n) is 43.9. The number of rotatable bonds is 50. The lowest BCUT2D eigenvalue weighted by atomic mass is 10.0. The first kappa shape index (κ1) is 63.6. The molecule has 384 valence electrons. The highest BCUT2D eigenvalue weighted by molar-refractivity contribution is 5.71. The van der Waals surface area contributed by atoms with Crippen LogP contribution in [0.3, 0.4) is 0 Å². The van der Waals surface area contributed by atoms with Crippen molar-refractivity contribution in [3.05, 3.63) is 85.1 Å². The van der Waals surface area contributed by atoms with E-state index >= 15 is 0 Å². The van der Waals surface area contributed by atoms with Crippen molar-refractivity contribution in [1.82, 2.24) is 0 Å². The summed E-state index contributed by atoms with van der Waals surface area (Å²) in [7, 11) is 0. The maximum atomic E-state index is 12.8. The fraction of sp³-hybridized carbons (Fsp3) is 0.721. The Morgan fingerprint density at radius 3 is 1.00 bits per heavy atom. The Kier molecular flexibility index (Phi) is 52.4. The average molecular weight is 933 g/mol. The first-order valence-corrected chi connectivity index (χ1v) is 28.1. The van der Waals surface area contributed by atoms with Crippen LogP contribution < -0.4 is 0 Å². The summed E-state index contributed by atoms with van der Waals surface area (Å²) in [4.78, 5) is 38.1. The molecule has 0 aliphatic rings. The Hall–Kier alpha value is -3.41. The van der Waals surface area contributed by atoms with Crippen LogP contribution in [0.1, 0.15) is 265 Å². The second-order valence-corrected chi connectivity index (χ2v) is 18.4. The Balaban J connectivity index is 4.41. The van der Waals surface area contributed by atoms with Crippen molar-refractivity contribution in [3.8, 4) is 0 Å². The van der Waals surface area contributed by atoms with Crippen molar-refractivity contribution >= 4 is 17.9 Å². The number of ether oxygens (including phenoxy) is 3. The molecule has 0 saturated carbocycles. The molecule has 0 spiro atoms. The van der Waals surface area contributed by atoms with Crippen LogP contribution in [0.4, 0.5) is 0 Å². The normalized spacial score (nSPS) is 12.7. The fourth-order valence-electron chi connectivity index (χ4n) is 7.77. The second-order valence-electron chi connectivity index (χ2n) is 18.4. The van der Waals surface area contributed by atoms with Crippen LogP contribution in [0, 0.1) is 0 Å². The van der Waals surface area contributed by atoms with Gasteiger partial charge < -0.3 is 14.2 Å². The third-order valence-electron chi connectivity index (χ3n) is 11.9. The standard InChI is InChI=1S/C61H104O6/c1-4-7-10-13-16-19-22-25-27-29-30-32-33-36-39-42-45-48-51-54-60(63)66-57-58(56-65-59(62)53-50-47-44-41-38-35-24-21-18-15-12-9-6-3)67-61(64)55-52-49-46-43-40-37-34-31-28-26-23-20-17-14-11-8-5-2/h8-9,11-12,17-18,20-21,26,28,35,38,44,47,58H,4-7,10,13-16,19,22-25,27,29-34,36-37,39-43,45-46,48-57H2,1-3H3/b11-8-,12-9-,20-17-,21-18-,28-26-,38-35-,47-44-. The zero-order valence-corrected chi connectivity index (χ0v) is 43.9. The molecule has 0 heterocycles. The van der Waals surface area contributed by atoms with Crippen molar-refractivity contribution in [2.24, 2.45) is 0 Å². The molecule has 0 aliphatic heterocycles. The summed E-state index contributed by atoms with van der Waals surface area (Å²) in [6.07, 6.45) is 71.6. The van der Waals surface area contributed by atoms with Crippen LogP contribution in [0.5, 0.6) is 0 Å². The van der Waals surface area contributed by atoms with Crippen molar-refractivity contribution < 1.29 is 28.6 Å². The molecule has 0 rings (SSSR count). The highest BCUT2D eigenvalue weighted by atomic mass is 16.6. The molecule has 67 heavy (non-hydrogen) atoms. The van der Waals surface area contributed by atoms with Gasteiger partial charge in [0.05, 0.1) is 0 Å². The highest BCUT2D eigenvalue weighted by Crippen LogP contribution is 2.16. The molecule has 1 unspecified atom stereocenters. The van der Waals surface area contributed by atoms with E-state index in [9.17, 15) is 14.4 Å². The minimum atomic E-state index is -0.809. The quantitative estimate of drug-likeness (QED) is 0.0262. The molecule has 1 atom stereocenters. The molecule has 0 aromatic heterocycles. The Bertz CT molecular complexity index is 1300. The number of hydrogen-bond acceptors (Lipinski definition) is 6. The topological polar surface area (TPSA) is 78.9 Å². The molecule has 0 fully saturated rings. The van der Waals surface area contributed by atoms with Crippen LogP contribution in [0.15, 0.2) is 85.1 Å². The molecular formula is C61H104O6. The van der Waals surface area contributed by atoms with Crippen molar-refractivity contribution in [1.29, 1.82) is 0 Å². The molecule has 0 aliphatic carbocycles. The van der Waals surface area contributed by atoms with Crippen LogP contribution >= 0.6 is 0 Å². The van der Waals surface area contributed by atoms with Crippen molar-refractivity contribution in [2.45, 2.75) is 271 Å². The molecule has 0 radical (unpaired) electrons. The van der Waals surface area contributed by atoms with Crippen molar-refractivity contribution in [2.75, 3.05) is 13.2 Å². The van der Waals surface area contributed by atoms with Gasteiger partial charge in [0, 0.05) is 19.3 Å². The number of esters is 3. The fourth-order valence-corrected chi connectivity index (χ4v) is 7.77. The monoisotopic (exact) mass is 933 g/mol. The number of unbranched alkanes of at least 4 members (excludes halogenated alkanes) is 25. The third-order valence-corrected chi connectivity index (χ3v) is 11.9. The van der Waals surface area contributed by atoms with E-state index in [2.05, 4.69) is 99.8 Å². The third kappa shape index (κ3) is 53.4. The van der Waals surface area contributed by atoms with Gasteiger partial charge in [-0.2, -0.15) is 0 Å². The van der Waals surface area contributed by atoms with Gasteiger partial charge in [0.25, 0.3) is 0 Å². The van der Waals surface area contributed by atoms with E-state index in [0.29, 0.717) is 19.3 Å². The Morgan fingerprint density at radius 2 is 0.612 bits per heavy atom. The lowest BCUT2D eigenvalue weighted by Gasteiger charge is -2.18. The van der Waals surface area contributed by atoms with Gasteiger partial charge in [-0.15, -0.1) is 0 Å². The molecule has 0 aromatic carbocycles. The molecule has 0 N–H and O–H groups in total. The van der Waals surface area contributed by atoms with Gasteiger partial charge in [-0.3, -0.25) is 14.4 Å². The lowest BCUT2D eigenvalue weighted by molar-refractivity contribution is -0.166.